The molecule has 1 fully saturated rings. The molecule has 0 spiro atoms. The number of rotatable bonds is 4. The second-order valence-corrected chi connectivity index (χ2v) is 9.11. The molecule has 0 saturated carbocycles. The molecule has 1 aliphatic rings. The number of aromatic nitrogens is 6. The molecule has 15 heteroatoms. The van der Waals surface area contributed by atoms with Gasteiger partial charge < -0.3 is 23.9 Å². The summed E-state index contributed by atoms with van der Waals surface area (Å²) in [7, 11) is 0. The molecule has 0 radical (unpaired) electrons. The molecule has 0 aromatic carbocycles. The molecule has 4 aromatic rings. The number of aromatic carboxylic acids is 1. The van der Waals surface area contributed by atoms with Crippen LogP contribution in [0.3, 0.4) is 0 Å². The van der Waals surface area contributed by atoms with E-state index in [1.54, 1.807) is 20.2 Å². The van der Waals surface area contributed by atoms with Gasteiger partial charge in [-0.25, -0.2) is 4.79 Å². The van der Waals surface area contributed by atoms with Crippen LogP contribution in [-0.2, 0) is 17.8 Å². The van der Waals surface area contributed by atoms with Gasteiger partial charge in [-0.05, 0) is 26.0 Å². The highest BCUT2D eigenvalue weighted by molar-refractivity contribution is 6.30. The van der Waals surface area contributed by atoms with E-state index in [9.17, 15) is 19.2 Å². The van der Waals surface area contributed by atoms with E-state index in [1.165, 1.54) is 18.3 Å². The van der Waals surface area contributed by atoms with E-state index in [0.717, 1.165) is 0 Å². The topological polar surface area (TPSA) is 162 Å². The Kier molecular flexibility index (Phi) is 9.90. The van der Waals surface area contributed by atoms with Crippen LogP contribution in [0.25, 0.3) is 22.1 Å². The van der Waals surface area contributed by atoms with Crippen molar-refractivity contribution in [3.8, 4) is 0 Å². The highest BCUT2D eigenvalue weighted by Crippen LogP contribution is 2.15. The summed E-state index contributed by atoms with van der Waals surface area (Å²) in [6.45, 7) is 6.70. The van der Waals surface area contributed by atoms with Crippen LogP contribution >= 0.6 is 23.2 Å². The number of amides is 1. The lowest BCUT2D eigenvalue weighted by atomic mass is 10.1. The quantitative estimate of drug-likeness (QED) is 0.373. The van der Waals surface area contributed by atoms with Gasteiger partial charge >= 0.3 is 5.97 Å². The second-order valence-electron chi connectivity index (χ2n) is 8.33. The normalized spacial score (nSPS) is 12.9. The molecular weight excluding hydrogens is 565 g/mol. The third kappa shape index (κ3) is 6.11. The Balaban J connectivity index is 0.000000222. The summed E-state index contributed by atoms with van der Waals surface area (Å²) in [6, 6.07) is 2.78. The third-order valence-corrected chi connectivity index (χ3v) is 6.39. The number of carbonyl (C=O) groups is 2. The molecule has 0 bridgehead atoms. The standard InChI is InChI=1S/C14H15ClN4O3.C10H8ClN3O3.CH4/c1-2-18-8-10(14(21)19-3-5-22-6-4-19)12(20)9-7-11(15)16-17-13(9)18;1-2-14-4-6(10(16)17)8(15)5-3-7(11)12-13-9(5)14;/h7-8H,2-6H2,1H3;3-4H,2H2,1H3,(H,16,17);1H4. The first-order valence-corrected chi connectivity index (χ1v) is 12.6. The van der Waals surface area contributed by atoms with E-state index in [-0.39, 0.29) is 45.6 Å². The van der Waals surface area contributed by atoms with Crippen molar-refractivity contribution in [2.45, 2.75) is 34.4 Å². The smallest absolute Gasteiger partial charge is 0.341 e. The lowest BCUT2D eigenvalue weighted by Gasteiger charge is -2.26. The van der Waals surface area contributed by atoms with Gasteiger partial charge in [-0.2, -0.15) is 0 Å². The van der Waals surface area contributed by atoms with Gasteiger partial charge in [0.15, 0.2) is 21.6 Å². The van der Waals surface area contributed by atoms with Crippen LogP contribution in [0.2, 0.25) is 10.3 Å². The Bertz CT molecular complexity index is 1700. The third-order valence-electron chi connectivity index (χ3n) is 6.02. The zero-order chi connectivity index (χ0) is 28.3. The average Bonchev–Trinajstić information content (AvgIpc) is 2.94. The summed E-state index contributed by atoms with van der Waals surface area (Å²) >= 11 is 11.5. The molecule has 1 aliphatic heterocycles. The molecule has 1 N–H and O–H groups in total. The fourth-order valence-corrected chi connectivity index (χ4v) is 4.34. The molecule has 1 amide bonds. The van der Waals surface area contributed by atoms with Crippen molar-refractivity contribution in [2.24, 2.45) is 0 Å². The Hall–Kier alpha value is -3.94. The van der Waals surface area contributed by atoms with E-state index in [2.05, 4.69) is 20.4 Å². The summed E-state index contributed by atoms with van der Waals surface area (Å²) < 4.78 is 8.51. The highest BCUT2D eigenvalue weighted by atomic mass is 35.5. The van der Waals surface area contributed by atoms with Crippen molar-refractivity contribution in [3.63, 3.8) is 0 Å². The summed E-state index contributed by atoms with van der Waals surface area (Å²) in [5, 5.41) is 24.7. The van der Waals surface area contributed by atoms with Crippen LogP contribution in [0.5, 0.6) is 0 Å². The minimum atomic E-state index is -1.27. The summed E-state index contributed by atoms with van der Waals surface area (Å²) in [5.41, 5.74) is -0.395. The van der Waals surface area contributed by atoms with Crippen molar-refractivity contribution in [2.75, 3.05) is 26.3 Å². The Morgan fingerprint density at radius 3 is 1.75 bits per heavy atom. The fraction of sp³-hybridized carbons (Fsp3) is 0.360. The number of carboxylic acids is 1. The van der Waals surface area contributed by atoms with E-state index in [4.69, 9.17) is 33.0 Å². The number of ether oxygens (including phenoxy) is 1. The minimum Gasteiger partial charge on any atom is -0.477 e. The predicted octanol–water partition coefficient (Wildman–Crippen LogP) is 2.74. The maximum absolute atomic E-state index is 12.6. The molecule has 5 heterocycles. The van der Waals surface area contributed by atoms with Crippen LogP contribution in [0.15, 0.2) is 34.1 Å². The van der Waals surface area contributed by atoms with Crippen LogP contribution in [0, 0.1) is 0 Å². The van der Waals surface area contributed by atoms with Gasteiger partial charge in [0, 0.05) is 38.6 Å². The molecular formula is C25H27Cl2N7O6. The van der Waals surface area contributed by atoms with Crippen molar-refractivity contribution in [3.05, 3.63) is 66.4 Å². The number of halogens is 2. The zero-order valence-electron chi connectivity index (χ0n) is 20.9. The number of morpholine rings is 1. The Morgan fingerprint density at radius 2 is 1.30 bits per heavy atom. The van der Waals surface area contributed by atoms with E-state index in [0.29, 0.717) is 56.1 Å². The lowest BCUT2D eigenvalue weighted by molar-refractivity contribution is 0.0301. The molecule has 40 heavy (non-hydrogen) atoms. The maximum Gasteiger partial charge on any atom is 0.341 e. The minimum absolute atomic E-state index is 0. The molecule has 5 rings (SSSR count). The van der Waals surface area contributed by atoms with Gasteiger partial charge in [-0.3, -0.25) is 14.4 Å². The summed E-state index contributed by atoms with van der Waals surface area (Å²) in [5.74, 6) is -1.56. The first-order valence-electron chi connectivity index (χ1n) is 11.9. The SMILES string of the molecule is C.CCn1cc(C(=O)N2CCOCC2)c(=O)c2cc(Cl)nnc21.CCn1cc(C(=O)O)c(=O)c2cc(Cl)nnc21. The second kappa shape index (κ2) is 12.9. The van der Waals surface area contributed by atoms with E-state index in [1.807, 2.05) is 13.8 Å². The van der Waals surface area contributed by atoms with Gasteiger partial charge in [0.05, 0.1) is 24.0 Å². The zero-order valence-corrected chi connectivity index (χ0v) is 22.4. The number of carboxylic acid groups (broad SMARTS) is 1. The van der Waals surface area contributed by atoms with Gasteiger partial charge in [0.2, 0.25) is 10.9 Å². The summed E-state index contributed by atoms with van der Waals surface area (Å²) in [4.78, 5) is 49.7. The van der Waals surface area contributed by atoms with Crippen molar-refractivity contribution in [1.29, 1.82) is 0 Å². The number of pyridine rings is 2. The van der Waals surface area contributed by atoms with Gasteiger partial charge in [0.1, 0.15) is 11.1 Å². The van der Waals surface area contributed by atoms with E-state index >= 15 is 0 Å². The highest BCUT2D eigenvalue weighted by Gasteiger charge is 2.23. The van der Waals surface area contributed by atoms with Crippen LogP contribution in [0.4, 0.5) is 0 Å². The molecule has 4 aromatic heterocycles. The molecule has 0 unspecified atom stereocenters. The number of aryl methyl sites for hydroxylation is 2. The first-order chi connectivity index (χ1) is 18.7. The van der Waals surface area contributed by atoms with Gasteiger partial charge in [0.25, 0.3) is 5.91 Å². The molecule has 0 aliphatic carbocycles. The Labute approximate surface area is 237 Å². The molecule has 13 nitrogen and oxygen atoms in total. The average molecular weight is 592 g/mol. The Morgan fingerprint density at radius 1 is 0.850 bits per heavy atom. The largest absolute Gasteiger partial charge is 0.477 e. The number of fused-ring (bicyclic) bond motifs is 2. The predicted molar refractivity (Wildman–Crippen MR) is 149 cm³/mol. The van der Waals surface area contributed by atoms with Crippen LogP contribution in [-0.4, -0.2) is 77.7 Å². The van der Waals surface area contributed by atoms with Crippen molar-refractivity contribution in [1.82, 2.24) is 34.4 Å². The fourth-order valence-electron chi connectivity index (χ4n) is 4.05. The number of hydrogen-bond donors (Lipinski definition) is 1. The molecule has 0 atom stereocenters. The van der Waals surface area contributed by atoms with Gasteiger partial charge in [-0.1, -0.05) is 30.6 Å². The van der Waals surface area contributed by atoms with Crippen LogP contribution < -0.4 is 10.9 Å². The number of hydrogen-bond acceptors (Lipinski definition) is 9. The monoisotopic (exact) mass is 591 g/mol. The maximum atomic E-state index is 12.6. The van der Waals surface area contributed by atoms with Crippen LogP contribution in [0.1, 0.15) is 42.0 Å². The lowest BCUT2D eigenvalue weighted by Crippen LogP contribution is -2.42. The number of nitrogens with zero attached hydrogens (tertiary/aromatic N) is 7. The number of carbonyl (C=O) groups excluding carboxylic acids is 1. The molecule has 212 valence electrons. The summed E-state index contributed by atoms with van der Waals surface area (Å²) in [6.07, 6.45) is 2.81. The van der Waals surface area contributed by atoms with Gasteiger partial charge in [-0.15, -0.1) is 20.4 Å². The first kappa shape index (κ1) is 30.6. The molecule has 1 saturated heterocycles. The van der Waals surface area contributed by atoms with E-state index < -0.39 is 11.4 Å². The van der Waals surface area contributed by atoms with Crippen molar-refractivity contribution < 1.29 is 19.4 Å². The van der Waals surface area contributed by atoms with Crippen molar-refractivity contribution >= 4 is 57.1 Å².